The zero-order valence-electron chi connectivity index (χ0n) is 17.7. The minimum atomic E-state index is -3.42. The fraction of sp³-hybridized carbons (Fsp3) is 0.375. The van der Waals surface area contributed by atoms with E-state index in [0.29, 0.717) is 11.1 Å². The van der Waals surface area contributed by atoms with Crippen LogP contribution in [0, 0.1) is 5.92 Å². The number of nitrogens with zero attached hydrogens (tertiary/aromatic N) is 1. The molecular weight excluding hydrogens is 412 g/mol. The summed E-state index contributed by atoms with van der Waals surface area (Å²) >= 11 is 0. The van der Waals surface area contributed by atoms with Gasteiger partial charge in [-0.25, -0.2) is 8.42 Å². The van der Waals surface area contributed by atoms with E-state index in [-0.39, 0.29) is 11.7 Å². The van der Waals surface area contributed by atoms with Crippen LogP contribution in [-0.4, -0.2) is 25.3 Å². The minimum absolute atomic E-state index is 0.0637. The number of rotatable bonds is 5. The third kappa shape index (κ3) is 4.06. The number of pyridine rings is 1. The van der Waals surface area contributed by atoms with E-state index in [9.17, 15) is 13.2 Å². The van der Waals surface area contributed by atoms with Crippen LogP contribution in [0.1, 0.15) is 31.2 Å². The molecule has 2 aromatic carbocycles. The molecule has 1 N–H and O–H groups in total. The lowest BCUT2D eigenvalue weighted by molar-refractivity contribution is 0.158. The summed E-state index contributed by atoms with van der Waals surface area (Å²) in [5.41, 5.74) is 3.12. The first-order valence-electron chi connectivity index (χ1n) is 10.7. The second kappa shape index (κ2) is 7.41. The molecule has 162 valence electrons. The van der Waals surface area contributed by atoms with Gasteiger partial charge < -0.3 is 9.30 Å². The van der Waals surface area contributed by atoms with Crippen molar-refractivity contribution in [3.8, 4) is 16.9 Å². The van der Waals surface area contributed by atoms with Crippen LogP contribution in [0.25, 0.3) is 21.9 Å². The molecule has 5 rings (SSSR count). The summed E-state index contributed by atoms with van der Waals surface area (Å²) in [6.07, 6.45) is 8.53. The van der Waals surface area contributed by atoms with Gasteiger partial charge in [0, 0.05) is 35.4 Å². The maximum absolute atomic E-state index is 12.7. The number of ether oxygens (including phenoxy) is 1. The predicted octanol–water partition coefficient (Wildman–Crippen LogP) is 4.07. The van der Waals surface area contributed by atoms with Crippen molar-refractivity contribution < 1.29 is 13.2 Å². The molecule has 0 saturated heterocycles. The maximum atomic E-state index is 12.7. The number of fused-ring (bicyclic) bond motifs is 2. The molecule has 0 radical (unpaired) electrons. The normalized spacial score (nSPS) is 18.5. The molecule has 0 spiro atoms. The van der Waals surface area contributed by atoms with Crippen molar-refractivity contribution in [1.29, 1.82) is 0 Å². The molecule has 0 bridgehead atoms. The van der Waals surface area contributed by atoms with Crippen molar-refractivity contribution in [2.24, 2.45) is 13.0 Å². The first-order valence-corrected chi connectivity index (χ1v) is 12.6. The third-order valence-electron chi connectivity index (χ3n) is 6.16. The van der Waals surface area contributed by atoms with Crippen LogP contribution in [0.2, 0.25) is 0 Å². The van der Waals surface area contributed by atoms with Gasteiger partial charge in [0.15, 0.2) is 0 Å². The molecular formula is C24H26N2O4S. The highest BCUT2D eigenvalue weighted by atomic mass is 32.2. The van der Waals surface area contributed by atoms with Gasteiger partial charge in [-0.3, -0.25) is 9.52 Å². The Morgan fingerprint density at radius 1 is 1.10 bits per heavy atom. The van der Waals surface area contributed by atoms with Crippen molar-refractivity contribution in [2.75, 3.05) is 11.0 Å². The van der Waals surface area contributed by atoms with E-state index < -0.39 is 10.0 Å². The molecule has 2 aliphatic rings. The number of benzene rings is 2. The van der Waals surface area contributed by atoms with Crippen molar-refractivity contribution in [2.45, 2.75) is 38.2 Å². The monoisotopic (exact) mass is 438 g/mol. The molecule has 1 aliphatic heterocycles. The first kappa shape index (κ1) is 20.1. The highest BCUT2D eigenvalue weighted by Gasteiger charge is 2.31. The lowest BCUT2D eigenvalue weighted by Crippen LogP contribution is -2.24. The first-order chi connectivity index (χ1) is 14.8. The Balaban J connectivity index is 1.72. The SMILES string of the molecule is Cn1cc(-c2cc(NS(C)(=O)=O)cc3c2OC(CC2CC2)CC3)c2ccccc2c1=O. The molecule has 0 amide bonds. The van der Waals surface area contributed by atoms with Crippen molar-refractivity contribution in [3.05, 3.63) is 58.5 Å². The molecule has 1 unspecified atom stereocenters. The lowest BCUT2D eigenvalue weighted by atomic mass is 9.92. The van der Waals surface area contributed by atoms with E-state index in [1.165, 1.54) is 12.8 Å². The Hall–Kier alpha value is -2.80. The van der Waals surface area contributed by atoms with E-state index in [1.54, 1.807) is 11.6 Å². The van der Waals surface area contributed by atoms with Crippen LogP contribution in [-0.2, 0) is 23.5 Å². The number of aromatic nitrogens is 1. The Morgan fingerprint density at radius 3 is 2.55 bits per heavy atom. The van der Waals surface area contributed by atoms with E-state index in [1.807, 2.05) is 42.6 Å². The molecule has 3 aromatic rings. The average Bonchev–Trinajstić information content (AvgIpc) is 3.53. The number of hydrogen-bond acceptors (Lipinski definition) is 4. The molecule has 1 atom stereocenters. The summed E-state index contributed by atoms with van der Waals surface area (Å²) in [6, 6.07) is 11.2. The quantitative estimate of drug-likeness (QED) is 0.651. The number of nitrogens with one attached hydrogen (secondary N) is 1. The summed E-state index contributed by atoms with van der Waals surface area (Å²) in [5.74, 6) is 1.57. The number of aryl methyl sites for hydroxylation is 2. The van der Waals surface area contributed by atoms with Crippen LogP contribution in [0.5, 0.6) is 5.75 Å². The van der Waals surface area contributed by atoms with E-state index in [4.69, 9.17) is 4.74 Å². The summed E-state index contributed by atoms with van der Waals surface area (Å²) in [7, 11) is -1.69. The predicted molar refractivity (Wildman–Crippen MR) is 123 cm³/mol. The van der Waals surface area contributed by atoms with Gasteiger partial charge >= 0.3 is 0 Å². The van der Waals surface area contributed by atoms with E-state index in [2.05, 4.69) is 4.72 Å². The molecule has 7 heteroatoms. The zero-order valence-corrected chi connectivity index (χ0v) is 18.5. The number of sulfonamides is 1. The standard InChI is InChI=1S/C24H26N2O4S/c1-26-14-22(19-5-3-4-6-20(19)24(26)27)21-13-17(25-31(2,28)29)12-16-9-10-18(30-23(16)21)11-15-7-8-15/h3-6,12-15,18,25H,7-11H2,1-2H3. The minimum Gasteiger partial charge on any atom is -0.489 e. The summed E-state index contributed by atoms with van der Waals surface area (Å²) < 4.78 is 34.5. The van der Waals surface area contributed by atoms with Crippen LogP contribution < -0.4 is 15.0 Å². The smallest absolute Gasteiger partial charge is 0.258 e. The Labute approximate surface area is 181 Å². The van der Waals surface area contributed by atoms with Gasteiger partial charge in [0.25, 0.3) is 5.56 Å². The average molecular weight is 439 g/mol. The largest absolute Gasteiger partial charge is 0.489 e. The molecule has 1 aromatic heterocycles. The van der Waals surface area contributed by atoms with Gasteiger partial charge in [-0.2, -0.15) is 0 Å². The summed E-state index contributed by atoms with van der Waals surface area (Å²) in [5, 5.41) is 1.46. The molecule has 2 heterocycles. The molecule has 31 heavy (non-hydrogen) atoms. The van der Waals surface area contributed by atoms with E-state index in [0.717, 1.165) is 59.3 Å². The van der Waals surface area contributed by atoms with Crippen LogP contribution in [0.4, 0.5) is 5.69 Å². The fourth-order valence-electron chi connectivity index (χ4n) is 4.55. The lowest BCUT2D eigenvalue weighted by Gasteiger charge is -2.29. The maximum Gasteiger partial charge on any atom is 0.258 e. The zero-order chi connectivity index (χ0) is 21.8. The van der Waals surface area contributed by atoms with Gasteiger partial charge in [0.1, 0.15) is 5.75 Å². The van der Waals surface area contributed by atoms with Gasteiger partial charge in [-0.1, -0.05) is 31.0 Å². The van der Waals surface area contributed by atoms with Crippen molar-refractivity contribution >= 4 is 26.5 Å². The van der Waals surface area contributed by atoms with Crippen LogP contribution >= 0.6 is 0 Å². The van der Waals surface area contributed by atoms with Crippen LogP contribution in [0.15, 0.2) is 47.4 Å². The second-order valence-corrected chi connectivity index (χ2v) is 10.6. The number of hydrogen-bond donors (Lipinski definition) is 1. The van der Waals surface area contributed by atoms with E-state index >= 15 is 0 Å². The van der Waals surface area contributed by atoms with Gasteiger partial charge in [0.2, 0.25) is 10.0 Å². The molecule has 1 saturated carbocycles. The Bertz CT molecular complexity index is 1340. The highest BCUT2D eigenvalue weighted by Crippen LogP contribution is 2.44. The molecule has 1 aliphatic carbocycles. The molecule has 6 nitrogen and oxygen atoms in total. The Kier molecular flexibility index (Phi) is 4.81. The number of anilines is 1. The van der Waals surface area contributed by atoms with Crippen molar-refractivity contribution in [3.63, 3.8) is 0 Å². The molecule has 1 fully saturated rings. The third-order valence-corrected chi connectivity index (χ3v) is 6.77. The van der Waals surface area contributed by atoms with Gasteiger partial charge in [0.05, 0.1) is 12.4 Å². The van der Waals surface area contributed by atoms with Crippen LogP contribution in [0.3, 0.4) is 0 Å². The van der Waals surface area contributed by atoms with Crippen molar-refractivity contribution in [1.82, 2.24) is 4.57 Å². The van der Waals surface area contributed by atoms with Gasteiger partial charge in [-0.05, 0) is 54.3 Å². The summed E-state index contributed by atoms with van der Waals surface area (Å²) in [6.45, 7) is 0. The second-order valence-electron chi connectivity index (χ2n) is 8.85. The summed E-state index contributed by atoms with van der Waals surface area (Å²) in [4.78, 5) is 12.7. The fourth-order valence-corrected chi connectivity index (χ4v) is 5.10. The van der Waals surface area contributed by atoms with Gasteiger partial charge in [-0.15, -0.1) is 0 Å². The topological polar surface area (TPSA) is 77.4 Å². The Morgan fingerprint density at radius 2 is 1.84 bits per heavy atom. The highest BCUT2D eigenvalue weighted by molar-refractivity contribution is 7.92.